The zero-order valence-electron chi connectivity index (χ0n) is 11.3. The van der Waals surface area contributed by atoms with Gasteiger partial charge in [0.05, 0.1) is 26.3 Å². The first kappa shape index (κ1) is 13.7. The molecule has 3 heterocycles. The summed E-state index contributed by atoms with van der Waals surface area (Å²) in [6.45, 7) is 6.30. The van der Waals surface area contributed by atoms with Crippen molar-refractivity contribution >= 4 is 17.2 Å². The Balaban J connectivity index is 1.50. The minimum absolute atomic E-state index is 0.0746. The number of carbonyl (C=O) groups excluding carboxylic acids is 1. The summed E-state index contributed by atoms with van der Waals surface area (Å²) in [5, 5.41) is 4.79. The van der Waals surface area contributed by atoms with E-state index >= 15 is 0 Å². The van der Waals surface area contributed by atoms with Gasteiger partial charge in [-0.05, 0) is 0 Å². The largest absolute Gasteiger partial charge is 0.485 e. The van der Waals surface area contributed by atoms with Gasteiger partial charge in [0.2, 0.25) is 0 Å². The molecule has 0 bridgehead atoms. The second-order valence-electron chi connectivity index (χ2n) is 4.82. The molecule has 2 aliphatic rings. The number of thiophene rings is 1. The van der Waals surface area contributed by atoms with E-state index in [9.17, 15) is 4.79 Å². The van der Waals surface area contributed by atoms with Crippen molar-refractivity contribution in [2.45, 2.75) is 0 Å². The monoisotopic (exact) mass is 299 g/mol. The quantitative estimate of drug-likeness (QED) is 0.761. The fourth-order valence-electron chi connectivity index (χ4n) is 2.36. The molecule has 3 rings (SSSR count). The fraction of sp³-hybridized carbons (Fsp3) is 0.615. The van der Waals surface area contributed by atoms with Crippen LogP contribution >= 0.6 is 11.3 Å². The minimum atomic E-state index is -0.0746. The van der Waals surface area contributed by atoms with Gasteiger partial charge in [-0.2, -0.15) is 0 Å². The lowest BCUT2D eigenvalue weighted by atomic mass is 10.3. The highest BCUT2D eigenvalue weighted by Crippen LogP contribution is 2.39. The van der Waals surface area contributed by atoms with E-state index < -0.39 is 0 Å². The van der Waals surface area contributed by atoms with Gasteiger partial charge >= 0.3 is 0 Å². The van der Waals surface area contributed by atoms with E-state index in [4.69, 9.17) is 14.2 Å². The molecule has 1 aromatic heterocycles. The van der Waals surface area contributed by atoms with Crippen LogP contribution in [0.2, 0.25) is 0 Å². The molecule has 0 atom stereocenters. The van der Waals surface area contributed by atoms with E-state index in [0.717, 1.165) is 32.8 Å². The predicted molar refractivity (Wildman–Crippen MR) is 74.0 cm³/mol. The number of carbonyl (C=O) groups is 1. The first-order valence-electron chi connectivity index (χ1n) is 6.91. The van der Waals surface area contributed by atoms with Crippen molar-refractivity contribution in [3.63, 3.8) is 0 Å². The van der Waals surface area contributed by atoms with Crippen LogP contribution in [0.5, 0.6) is 11.5 Å². The summed E-state index contributed by atoms with van der Waals surface area (Å²) < 4.78 is 16.3. The van der Waals surface area contributed by atoms with E-state index in [1.165, 1.54) is 16.2 Å². The van der Waals surface area contributed by atoms with Gasteiger partial charge in [-0.25, -0.2) is 0 Å². The van der Waals surface area contributed by atoms with Gasteiger partial charge in [0, 0.05) is 5.38 Å². The van der Waals surface area contributed by atoms with E-state index in [1.807, 2.05) is 5.38 Å². The topological polar surface area (TPSA) is 61.2 Å². The van der Waals surface area contributed by atoms with Gasteiger partial charge in [-0.1, -0.05) is 0 Å². The molecule has 0 aliphatic carbocycles. The second kappa shape index (κ2) is 6.43. The molecule has 6 nitrogen and oxygen atoms in total. The molecule has 0 radical (unpaired) electrons. The van der Waals surface area contributed by atoms with Crippen molar-refractivity contribution in [3.8, 4) is 11.5 Å². The molecule has 1 amide bonds. The molecule has 1 fully saturated rings. The van der Waals surface area contributed by atoms with Gasteiger partial charge in [0.15, 0.2) is 11.5 Å². The first-order chi connectivity index (χ1) is 9.84. The maximum absolute atomic E-state index is 12.1. The summed E-state index contributed by atoms with van der Waals surface area (Å²) in [7, 11) is 0. The van der Waals surface area contributed by atoms with Crippen LogP contribution in [0.25, 0.3) is 0 Å². The number of hydrogen-bond acceptors (Lipinski definition) is 5. The predicted octanol–water partition coefficient (Wildman–Crippen LogP) is -0.836. The Kier molecular flexibility index (Phi) is 4.39. The lowest BCUT2D eigenvalue weighted by Crippen LogP contribution is -3.14. The van der Waals surface area contributed by atoms with Crippen molar-refractivity contribution in [2.75, 3.05) is 52.6 Å². The smallest absolute Gasteiger partial charge is 0.265 e. The zero-order valence-corrected chi connectivity index (χ0v) is 12.1. The minimum Gasteiger partial charge on any atom is -0.485 e. The van der Waals surface area contributed by atoms with Gasteiger partial charge in [0.25, 0.3) is 5.91 Å². The molecular weight excluding hydrogens is 280 g/mol. The Bertz CT molecular complexity index is 471. The zero-order chi connectivity index (χ0) is 13.8. The number of rotatable bonds is 4. The normalized spacial score (nSPS) is 18.8. The highest BCUT2D eigenvalue weighted by Gasteiger charge is 2.23. The summed E-state index contributed by atoms with van der Waals surface area (Å²) in [5.41, 5.74) is 0. The number of amides is 1. The Morgan fingerprint density at radius 1 is 1.25 bits per heavy atom. The van der Waals surface area contributed by atoms with Gasteiger partial charge < -0.3 is 24.4 Å². The summed E-state index contributed by atoms with van der Waals surface area (Å²) in [4.78, 5) is 14.2. The fourth-order valence-corrected chi connectivity index (χ4v) is 3.21. The van der Waals surface area contributed by atoms with E-state index in [-0.39, 0.29) is 5.91 Å². The molecule has 0 saturated carbocycles. The second-order valence-corrected chi connectivity index (χ2v) is 5.70. The molecule has 0 spiro atoms. The number of morpholine rings is 1. The van der Waals surface area contributed by atoms with Crippen LogP contribution in [-0.4, -0.2) is 58.5 Å². The third kappa shape index (κ3) is 3.05. The Morgan fingerprint density at radius 2 is 2.05 bits per heavy atom. The van der Waals surface area contributed by atoms with Crippen LogP contribution in [-0.2, 0) is 4.74 Å². The van der Waals surface area contributed by atoms with Gasteiger partial charge in [-0.3, -0.25) is 4.79 Å². The molecule has 1 aromatic rings. The highest BCUT2D eigenvalue weighted by molar-refractivity contribution is 7.12. The summed E-state index contributed by atoms with van der Waals surface area (Å²) >= 11 is 1.37. The third-order valence-corrected chi connectivity index (χ3v) is 4.41. The van der Waals surface area contributed by atoms with Crippen LogP contribution in [0, 0.1) is 0 Å². The van der Waals surface area contributed by atoms with Crippen molar-refractivity contribution < 1.29 is 23.9 Å². The number of hydrogen-bond donors (Lipinski definition) is 2. The summed E-state index contributed by atoms with van der Waals surface area (Å²) in [5.74, 6) is 1.21. The van der Waals surface area contributed by atoms with E-state index in [1.54, 1.807) is 0 Å². The molecule has 0 aromatic carbocycles. The number of fused-ring (bicyclic) bond motifs is 1. The van der Waals surface area contributed by atoms with Crippen LogP contribution in [0.3, 0.4) is 0 Å². The maximum Gasteiger partial charge on any atom is 0.265 e. The van der Waals surface area contributed by atoms with E-state index in [0.29, 0.717) is 36.1 Å². The number of nitrogens with one attached hydrogen (secondary N) is 2. The molecule has 0 unspecified atom stereocenters. The van der Waals surface area contributed by atoms with Gasteiger partial charge in [0.1, 0.15) is 31.2 Å². The van der Waals surface area contributed by atoms with Crippen molar-refractivity contribution in [2.24, 2.45) is 0 Å². The molecule has 20 heavy (non-hydrogen) atoms. The Labute approximate surface area is 121 Å². The molecular formula is C13H19N2O4S+. The van der Waals surface area contributed by atoms with Crippen LogP contribution in [0.15, 0.2) is 5.38 Å². The molecule has 110 valence electrons. The van der Waals surface area contributed by atoms with Crippen LogP contribution in [0.4, 0.5) is 0 Å². The lowest BCUT2D eigenvalue weighted by Gasteiger charge is -2.23. The number of ether oxygens (including phenoxy) is 3. The maximum atomic E-state index is 12.1. The average molecular weight is 299 g/mol. The lowest BCUT2D eigenvalue weighted by molar-refractivity contribution is -0.906. The third-order valence-electron chi connectivity index (χ3n) is 3.47. The molecule has 2 aliphatic heterocycles. The standard InChI is InChI=1S/C13H18N2O4S/c16-13(14-1-2-15-3-5-17-6-4-15)12-11-10(9-20-12)18-7-8-19-11/h9H,1-8H2,(H,14,16)/p+1. The van der Waals surface area contributed by atoms with Crippen molar-refractivity contribution in [1.29, 1.82) is 0 Å². The average Bonchev–Trinajstić information content (AvgIpc) is 2.92. The first-order valence-corrected chi connectivity index (χ1v) is 7.79. The molecule has 2 N–H and O–H groups in total. The van der Waals surface area contributed by atoms with Crippen LogP contribution in [0.1, 0.15) is 9.67 Å². The van der Waals surface area contributed by atoms with Gasteiger partial charge in [-0.15, -0.1) is 11.3 Å². The van der Waals surface area contributed by atoms with E-state index in [2.05, 4.69) is 5.32 Å². The Hall–Kier alpha value is -1.31. The highest BCUT2D eigenvalue weighted by atomic mass is 32.1. The SMILES string of the molecule is O=C(NCC[NH+]1CCOCC1)c1scc2c1OCCO2. The summed E-state index contributed by atoms with van der Waals surface area (Å²) in [6.07, 6.45) is 0. The van der Waals surface area contributed by atoms with Crippen molar-refractivity contribution in [1.82, 2.24) is 5.32 Å². The van der Waals surface area contributed by atoms with Crippen molar-refractivity contribution in [3.05, 3.63) is 10.3 Å². The summed E-state index contributed by atoms with van der Waals surface area (Å²) in [6, 6.07) is 0. The van der Waals surface area contributed by atoms with Crippen LogP contribution < -0.4 is 19.7 Å². The molecule has 1 saturated heterocycles. The Morgan fingerprint density at radius 3 is 2.90 bits per heavy atom. The molecule has 7 heteroatoms. The number of quaternary nitrogens is 1.